The molecule has 6 heteroatoms. The molecule has 0 saturated heterocycles. The van der Waals surface area contributed by atoms with Gasteiger partial charge in [0.05, 0.1) is 11.8 Å². The topological polar surface area (TPSA) is 58.2 Å². The molecule has 1 atom stereocenters. The summed E-state index contributed by atoms with van der Waals surface area (Å²) in [7, 11) is 0. The van der Waals surface area contributed by atoms with E-state index in [1.165, 1.54) is 11.8 Å². The molecular formula is C19H21BrN2O2S. The summed E-state index contributed by atoms with van der Waals surface area (Å²) in [6.07, 6.45) is 0. The van der Waals surface area contributed by atoms with Crippen molar-refractivity contribution in [1.29, 1.82) is 0 Å². The number of halogens is 1. The fourth-order valence-corrected chi connectivity index (χ4v) is 3.43. The molecule has 0 fully saturated rings. The third-order valence-corrected chi connectivity index (χ3v) is 5.31. The van der Waals surface area contributed by atoms with Crippen LogP contribution in [-0.4, -0.2) is 23.6 Å². The molecule has 0 aliphatic rings. The van der Waals surface area contributed by atoms with Crippen molar-refractivity contribution in [2.24, 2.45) is 0 Å². The highest BCUT2D eigenvalue weighted by Crippen LogP contribution is 2.25. The Labute approximate surface area is 160 Å². The summed E-state index contributed by atoms with van der Waals surface area (Å²) in [5.41, 5.74) is 2.80. The van der Waals surface area contributed by atoms with Crippen LogP contribution in [0, 0.1) is 13.8 Å². The van der Waals surface area contributed by atoms with Gasteiger partial charge in [-0.2, -0.15) is 0 Å². The maximum absolute atomic E-state index is 12.2. The van der Waals surface area contributed by atoms with Gasteiger partial charge in [-0.05, 0) is 56.2 Å². The Hall–Kier alpha value is -1.79. The molecule has 25 heavy (non-hydrogen) atoms. The first-order chi connectivity index (χ1) is 11.9. The fourth-order valence-electron chi connectivity index (χ4n) is 2.28. The van der Waals surface area contributed by atoms with E-state index in [1.807, 2.05) is 63.2 Å². The molecule has 0 aliphatic heterocycles. The van der Waals surface area contributed by atoms with Crippen LogP contribution in [0.1, 0.15) is 18.1 Å². The molecule has 0 aromatic heterocycles. The Morgan fingerprint density at radius 3 is 2.28 bits per heavy atom. The summed E-state index contributed by atoms with van der Waals surface area (Å²) in [4.78, 5) is 25.3. The van der Waals surface area contributed by atoms with Crippen LogP contribution in [0.25, 0.3) is 0 Å². The monoisotopic (exact) mass is 420 g/mol. The molecule has 0 spiro atoms. The summed E-state index contributed by atoms with van der Waals surface area (Å²) in [5.74, 6) is -0.392. The normalized spacial score (nSPS) is 11.7. The summed E-state index contributed by atoms with van der Waals surface area (Å²) >= 11 is 4.84. The molecule has 0 heterocycles. The SMILES string of the molecule is Cc1cccc(C)c1NC(=O)CNC(=O)C(C)Sc1ccc(Br)cc1. The van der Waals surface area contributed by atoms with E-state index in [-0.39, 0.29) is 23.6 Å². The maximum atomic E-state index is 12.2. The zero-order valence-electron chi connectivity index (χ0n) is 14.4. The van der Waals surface area contributed by atoms with Crippen LogP contribution in [-0.2, 0) is 9.59 Å². The quantitative estimate of drug-likeness (QED) is 0.684. The molecule has 0 radical (unpaired) electrons. The average Bonchev–Trinajstić information content (AvgIpc) is 2.58. The zero-order valence-corrected chi connectivity index (χ0v) is 16.8. The average molecular weight is 421 g/mol. The number of nitrogens with one attached hydrogen (secondary N) is 2. The predicted octanol–water partition coefficient (Wildman–Crippen LogP) is 4.30. The van der Waals surface area contributed by atoms with Gasteiger partial charge in [-0.3, -0.25) is 9.59 Å². The molecule has 0 saturated carbocycles. The summed E-state index contributed by atoms with van der Waals surface area (Å²) < 4.78 is 0.997. The van der Waals surface area contributed by atoms with Gasteiger partial charge in [0.1, 0.15) is 0 Å². The van der Waals surface area contributed by atoms with Gasteiger partial charge in [-0.15, -0.1) is 11.8 Å². The third-order valence-electron chi connectivity index (χ3n) is 3.66. The molecule has 2 aromatic carbocycles. The molecule has 4 nitrogen and oxygen atoms in total. The highest BCUT2D eigenvalue weighted by Gasteiger charge is 2.16. The number of thioether (sulfide) groups is 1. The molecule has 0 bridgehead atoms. The number of benzene rings is 2. The van der Waals surface area contributed by atoms with E-state index in [9.17, 15) is 9.59 Å². The Kier molecular flexibility index (Phi) is 7.08. The number of aryl methyl sites for hydroxylation is 2. The summed E-state index contributed by atoms with van der Waals surface area (Å²) in [6, 6.07) is 13.6. The van der Waals surface area contributed by atoms with Crippen molar-refractivity contribution in [2.75, 3.05) is 11.9 Å². The van der Waals surface area contributed by atoms with Crippen LogP contribution in [0.5, 0.6) is 0 Å². The smallest absolute Gasteiger partial charge is 0.243 e. The Morgan fingerprint density at radius 1 is 1.08 bits per heavy atom. The molecule has 132 valence electrons. The van der Waals surface area contributed by atoms with E-state index in [0.29, 0.717) is 0 Å². The first kappa shape index (κ1) is 19.5. The van der Waals surface area contributed by atoms with Gasteiger partial charge in [-0.1, -0.05) is 34.1 Å². The van der Waals surface area contributed by atoms with E-state index in [0.717, 1.165) is 26.2 Å². The lowest BCUT2D eigenvalue weighted by Crippen LogP contribution is -2.37. The highest BCUT2D eigenvalue weighted by atomic mass is 79.9. The fraction of sp³-hybridized carbons (Fsp3) is 0.263. The number of amides is 2. The van der Waals surface area contributed by atoms with Crippen molar-refractivity contribution in [3.8, 4) is 0 Å². The van der Waals surface area contributed by atoms with Crippen LogP contribution >= 0.6 is 27.7 Å². The van der Waals surface area contributed by atoms with E-state index in [2.05, 4.69) is 26.6 Å². The number of hydrogen-bond acceptors (Lipinski definition) is 3. The number of anilines is 1. The van der Waals surface area contributed by atoms with Crippen molar-refractivity contribution in [3.05, 3.63) is 58.1 Å². The van der Waals surface area contributed by atoms with Crippen molar-refractivity contribution in [2.45, 2.75) is 30.9 Å². The van der Waals surface area contributed by atoms with Gasteiger partial charge in [0.25, 0.3) is 0 Å². The predicted molar refractivity (Wildman–Crippen MR) is 107 cm³/mol. The number of carbonyl (C=O) groups excluding carboxylic acids is 2. The Morgan fingerprint density at radius 2 is 1.68 bits per heavy atom. The second-order valence-electron chi connectivity index (χ2n) is 5.75. The molecule has 2 N–H and O–H groups in total. The minimum absolute atomic E-state index is 0.0438. The van der Waals surface area contributed by atoms with Crippen LogP contribution in [0.3, 0.4) is 0 Å². The first-order valence-corrected chi connectivity index (χ1v) is 9.60. The van der Waals surface area contributed by atoms with E-state index < -0.39 is 0 Å². The number of carbonyl (C=O) groups is 2. The number of hydrogen-bond donors (Lipinski definition) is 2. The second kappa shape index (κ2) is 9.06. The lowest BCUT2D eigenvalue weighted by molar-refractivity contribution is -0.123. The van der Waals surface area contributed by atoms with Gasteiger partial charge in [0.15, 0.2) is 0 Å². The molecule has 2 rings (SSSR count). The van der Waals surface area contributed by atoms with E-state index in [1.54, 1.807) is 0 Å². The Balaban J connectivity index is 1.84. The number of para-hydroxylation sites is 1. The lowest BCUT2D eigenvalue weighted by Gasteiger charge is -2.14. The standard InChI is InChI=1S/C19H21BrN2O2S/c1-12-5-4-6-13(2)18(12)22-17(23)11-21-19(24)14(3)25-16-9-7-15(20)8-10-16/h4-10,14H,11H2,1-3H3,(H,21,24)(H,22,23). The lowest BCUT2D eigenvalue weighted by atomic mass is 10.1. The van der Waals surface area contributed by atoms with Gasteiger partial charge >= 0.3 is 0 Å². The van der Waals surface area contributed by atoms with Crippen LogP contribution in [0.15, 0.2) is 51.8 Å². The maximum Gasteiger partial charge on any atom is 0.243 e. The zero-order chi connectivity index (χ0) is 18.4. The second-order valence-corrected chi connectivity index (χ2v) is 8.08. The van der Waals surface area contributed by atoms with Crippen LogP contribution in [0.2, 0.25) is 0 Å². The van der Waals surface area contributed by atoms with Gasteiger partial charge in [-0.25, -0.2) is 0 Å². The molecule has 1 unspecified atom stereocenters. The van der Waals surface area contributed by atoms with Gasteiger partial charge in [0, 0.05) is 15.1 Å². The van der Waals surface area contributed by atoms with Crippen molar-refractivity contribution in [1.82, 2.24) is 5.32 Å². The largest absolute Gasteiger partial charge is 0.346 e. The summed E-state index contributed by atoms with van der Waals surface area (Å²) in [6.45, 7) is 5.67. The molecule has 0 aliphatic carbocycles. The highest BCUT2D eigenvalue weighted by molar-refractivity contribution is 9.10. The van der Waals surface area contributed by atoms with Crippen LogP contribution in [0.4, 0.5) is 5.69 Å². The number of rotatable bonds is 6. The van der Waals surface area contributed by atoms with Crippen molar-refractivity contribution >= 4 is 45.2 Å². The van der Waals surface area contributed by atoms with E-state index >= 15 is 0 Å². The summed E-state index contributed by atoms with van der Waals surface area (Å²) in [5, 5.41) is 5.27. The van der Waals surface area contributed by atoms with Crippen molar-refractivity contribution in [3.63, 3.8) is 0 Å². The first-order valence-electron chi connectivity index (χ1n) is 7.93. The van der Waals surface area contributed by atoms with Crippen molar-refractivity contribution < 1.29 is 9.59 Å². The molecule has 2 aromatic rings. The Bertz CT molecular complexity index is 742. The minimum Gasteiger partial charge on any atom is -0.346 e. The van der Waals surface area contributed by atoms with Gasteiger partial charge in [0.2, 0.25) is 11.8 Å². The van der Waals surface area contributed by atoms with Crippen LogP contribution < -0.4 is 10.6 Å². The van der Waals surface area contributed by atoms with Gasteiger partial charge < -0.3 is 10.6 Å². The van der Waals surface area contributed by atoms with E-state index in [4.69, 9.17) is 0 Å². The third kappa shape index (κ3) is 5.90. The molecule has 2 amide bonds. The molecular weight excluding hydrogens is 400 g/mol. The minimum atomic E-state index is -0.283.